The molecule has 0 spiro atoms. The van der Waals surface area contributed by atoms with E-state index >= 15 is 0 Å². The average Bonchev–Trinajstić information content (AvgIpc) is 2.82. The summed E-state index contributed by atoms with van der Waals surface area (Å²) in [4.78, 5) is 0. The fourth-order valence-corrected chi connectivity index (χ4v) is 2.01. The maximum atomic E-state index is 8.92. The second-order valence-corrected chi connectivity index (χ2v) is 4.75. The van der Waals surface area contributed by atoms with Crippen molar-refractivity contribution >= 4 is 22.8 Å². The smallest absolute Gasteiger partial charge is 0.207 e. The van der Waals surface area contributed by atoms with Crippen LogP contribution in [0.15, 0.2) is 34.5 Å². The molecule has 2 aromatic heterocycles. The van der Waals surface area contributed by atoms with E-state index in [0.717, 1.165) is 11.3 Å². The Labute approximate surface area is 125 Å². The lowest BCUT2D eigenvalue weighted by Gasteiger charge is -1.98. The molecule has 8 nitrogen and oxygen atoms in total. The Kier molecular flexibility index (Phi) is 3.23. The summed E-state index contributed by atoms with van der Waals surface area (Å²) in [6.45, 7) is 3.75. The van der Waals surface area contributed by atoms with Crippen LogP contribution >= 0.6 is 0 Å². The van der Waals surface area contributed by atoms with Crippen LogP contribution in [0.5, 0.6) is 0 Å². The van der Waals surface area contributed by atoms with E-state index in [1.165, 1.54) is 4.52 Å². The third-order valence-electron chi connectivity index (χ3n) is 3.09. The van der Waals surface area contributed by atoms with Crippen LogP contribution in [0.4, 0.5) is 17.2 Å². The van der Waals surface area contributed by atoms with E-state index in [4.69, 9.17) is 11.0 Å². The molecule has 108 valence electrons. The third kappa shape index (κ3) is 2.25. The normalized spacial score (nSPS) is 11.1. The molecule has 0 aliphatic heterocycles. The van der Waals surface area contributed by atoms with E-state index in [2.05, 4.69) is 25.5 Å². The van der Waals surface area contributed by atoms with Gasteiger partial charge in [-0.15, -0.1) is 15.3 Å². The molecule has 22 heavy (non-hydrogen) atoms. The topological polar surface area (TPSA) is 118 Å². The van der Waals surface area contributed by atoms with Crippen LogP contribution in [0.1, 0.15) is 17.0 Å². The maximum Gasteiger partial charge on any atom is 0.207 e. The number of nitrogens with two attached hydrogens (primary N) is 1. The molecule has 2 N–H and O–H groups in total. The zero-order valence-electron chi connectivity index (χ0n) is 12.0. The molecule has 0 aliphatic rings. The van der Waals surface area contributed by atoms with E-state index in [-0.39, 0.29) is 11.5 Å². The Morgan fingerprint density at radius 2 is 2.05 bits per heavy atom. The molecule has 0 saturated heterocycles. The molecule has 0 bridgehead atoms. The largest absolute Gasteiger partial charge is 0.381 e. The van der Waals surface area contributed by atoms with Gasteiger partial charge in [-0.05, 0) is 31.5 Å². The molecule has 0 aliphatic carbocycles. The minimum absolute atomic E-state index is 0.0252. The first-order valence-corrected chi connectivity index (χ1v) is 6.50. The highest BCUT2D eigenvalue weighted by Gasteiger charge is 2.15. The van der Waals surface area contributed by atoms with Crippen LogP contribution in [0.25, 0.3) is 5.65 Å². The van der Waals surface area contributed by atoms with Crippen molar-refractivity contribution in [2.24, 2.45) is 10.2 Å². The number of hydrogen-bond donors (Lipinski definition) is 1. The summed E-state index contributed by atoms with van der Waals surface area (Å²) in [5, 5.41) is 29.3. The van der Waals surface area contributed by atoms with Gasteiger partial charge in [0.2, 0.25) is 11.3 Å². The fraction of sp³-hybridized carbons (Fsp3) is 0.143. The molecule has 3 rings (SSSR count). The van der Waals surface area contributed by atoms with Gasteiger partial charge in [0.1, 0.15) is 6.07 Å². The lowest BCUT2D eigenvalue weighted by molar-refractivity contribution is 0.879. The minimum Gasteiger partial charge on any atom is -0.381 e. The molecular formula is C14H12N8. The Hall–Kier alpha value is -3.34. The molecule has 0 unspecified atom stereocenters. The summed E-state index contributed by atoms with van der Waals surface area (Å²) < 4.78 is 1.35. The highest BCUT2D eigenvalue weighted by Crippen LogP contribution is 2.27. The van der Waals surface area contributed by atoms with Crippen LogP contribution in [0.3, 0.4) is 0 Å². The van der Waals surface area contributed by atoms with Gasteiger partial charge in [0.25, 0.3) is 0 Å². The lowest BCUT2D eigenvalue weighted by atomic mass is 10.2. The molecule has 3 aromatic rings. The predicted octanol–water partition coefficient (Wildman–Crippen LogP) is 2.61. The van der Waals surface area contributed by atoms with Crippen LogP contribution in [-0.2, 0) is 0 Å². The van der Waals surface area contributed by atoms with Crippen LogP contribution in [0, 0.1) is 25.2 Å². The van der Waals surface area contributed by atoms with Gasteiger partial charge in [-0.2, -0.15) is 20.0 Å². The monoisotopic (exact) mass is 292 g/mol. The molecular weight excluding hydrogens is 280 g/mol. The zero-order chi connectivity index (χ0) is 15.7. The zero-order valence-corrected chi connectivity index (χ0v) is 12.0. The Morgan fingerprint density at radius 3 is 2.77 bits per heavy atom. The minimum atomic E-state index is 0.0252. The van der Waals surface area contributed by atoms with Gasteiger partial charge in [0.15, 0.2) is 11.5 Å². The van der Waals surface area contributed by atoms with Crippen molar-refractivity contribution in [3.8, 4) is 6.07 Å². The van der Waals surface area contributed by atoms with Gasteiger partial charge in [-0.25, -0.2) is 0 Å². The van der Waals surface area contributed by atoms with E-state index in [1.807, 2.05) is 37.3 Å². The van der Waals surface area contributed by atoms with Crippen molar-refractivity contribution in [3.05, 3.63) is 41.2 Å². The van der Waals surface area contributed by atoms with Crippen molar-refractivity contribution in [2.45, 2.75) is 13.8 Å². The summed E-state index contributed by atoms with van der Waals surface area (Å²) in [6.07, 6.45) is 0. The fourth-order valence-electron chi connectivity index (χ4n) is 2.01. The summed E-state index contributed by atoms with van der Waals surface area (Å²) in [5.41, 5.74) is 9.14. The SMILES string of the molecule is Cc1cccc(N=Nc2c(C)nn3c(N)c(C#N)nnc23)c1. The van der Waals surface area contributed by atoms with Crippen LogP contribution in [-0.4, -0.2) is 19.8 Å². The average molecular weight is 292 g/mol. The first kappa shape index (κ1) is 13.6. The number of nitrogen functional groups attached to an aromatic ring is 1. The number of aryl methyl sites for hydroxylation is 2. The molecule has 0 fully saturated rings. The van der Waals surface area contributed by atoms with Crippen molar-refractivity contribution in [1.82, 2.24) is 19.8 Å². The molecule has 8 heteroatoms. The second-order valence-electron chi connectivity index (χ2n) is 4.75. The first-order chi connectivity index (χ1) is 10.6. The van der Waals surface area contributed by atoms with Crippen LogP contribution < -0.4 is 5.73 Å². The Bertz CT molecular complexity index is 932. The summed E-state index contributed by atoms with van der Waals surface area (Å²) in [7, 11) is 0. The number of hydrogen-bond acceptors (Lipinski definition) is 7. The molecule has 0 radical (unpaired) electrons. The highest BCUT2D eigenvalue weighted by molar-refractivity contribution is 5.68. The molecule has 1 aromatic carbocycles. The predicted molar refractivity (Wildman–Crippen MR) is 80.0 cm³/mol. The maximum absolute atomic E-state index is 8.92. The van der Waals surface area contributed by atoms with Gasteiger partial charge >= 0.3 is 0 Å². The quantitative estimate of drug-likeness (QED) is 0.728. The molecule has 0 saturated carbocycles. The number of benzene rings is 1. The van der Waals surface area contributed by atoms with Crippen molar-refractivity contribution in [3.63, 3.8) is 0 Å². The van der Waals surface area contributed by atoms with Crippen molar-refractivity contribution in [1.29, 1.82) is 5.26 Å². The molecule has 0 atom stereocenters. The van der Waals surface area contributed by atoms with E-state index in [1.54, 1.807) is 6.92 Å². The van der Waals surface area contributed by atoms with Gasteiger partial charge in [-0.1, -0.05) is 12.1 Å². The lowest BCUT2D eigenvalue weighted by Crippen LogP contribution is -2.05. The summed E-state index contributed by atoms with van der Waals surface area (Å²) in [5.74, 6) is 0.132. The Morgan fingerprint density at radius 1 is 1.23 bits per heavy atom. The number of nitriles is 1. The van der Waals surface area contributed by atoms with Gasteiger partial charge in [0, 0.05) is 0 Å². The van der Waals surface area contributed by atoms with Crippen LogP contribution in [0.2, 0.25) is 0 Å². The van der Waals surface area contributed by atoms with E-state index in [9.17, 15) is 0 Å². The number of anilines is 1. The van der Waals surface area contributed by atoms with Crippen molar-refractivity contribution in [2.75, 3.05) is 5.73 Å². The number of aromatic nitrogens is 4. The summed E-state index contributed by atoms with van der Waals surface area (Å²) in [6, 6.07) is 9.52. The highest BCUT2D eigenvalue weighted by atomic mass is 15.4. The van der Waals surface area contributed by atoms with Gasteiger partial charge < -0.3 is 5.73 Å². The van der Waals surface area contributed by atoms with Crippen molar-refractivity contribution < 1.29 is 0 Å². The summed E-state index contributed by atoms with van der Waals surface area (Å²) >= 11 is 0. The number of rotatable bonds is 2. The molecule has 2 heterocycles. The third-order valence-corrected chi connectivity index (χ3v) is 3.09. The first-order valence-electron chi connectivity index (χ1n) is 6.50. The number of fused-ring (bicyclic) bond motifs is 1. The van der Waals surface area contributed by atoms with Gasteiger partial charge in [-0.3, -0.25) is 0 Å². The number of nitrogens with zero attached hydrogens (tertiary/aromatic N) is 7. The standard InChI is InChI=1S/C14H12N8/c1-8-4-3-5-10(6-8)17-19-12-9(2)21-22-13(16)11(7-15)18-20-14(12)22/h3-6H,16H2,1-2H3. The van der Waals surface area contributed by atoms with E-state index in [0.29, 0.717) is 17.0 Å². The molecule has 0 amide bonds. The number of azo groups is 1. The van der Waals surface area contributed by atoms with E-state index < -0.39 is 0 Å². The second kappa shape index (κ2) is 5.21. The Balaban J connectivity index is 2.10. The van der Waals surface area contributed by atoms with Gasteiger partial charge in [0.05, 0.1) is 11.4 Å².